The van der Waals surface area contributed by atoms with E-state index >= 15 is 0 Å². The lowest BCUT2D eigenvalue weighted by atomic mass is 9.46. The molecule has 2 spiro atoms. The highest BCUT2D eigenvalue weighted by atomic mass is 16.7. The Morgan fingerprint density at radius 2 is 1.73 bits per heavy atom. The van der Waals surface area contributed by atoms with Gasteiger partial charge < -0.3 is 29.0 Å². The molecule has 1 N–H and O–H groups in total. The molecule has 0 bridgehead atoms. The third-order valence-electron chi connectivity index (χ3n) is 15.1. The van der Waals surface area contributed by atoms with Crippen LogP contribution in [0.2, 0.25) is 0 Å². The minimum Gasteiger partial charge on any atom is -0.444 e. The summed E-state index contributed by atoms with van der Waals surface area (Å²) in [6.07, 6.45) is 9.94. The highest BCUT2D eigenvalue weighted by molar-refractivity contribution is 5.68. The molecule has 254 valence electrons. The molecule has 7 aliphatic rings. The van der Waals surface area contributed by atoms with Crippen molar-refractivity contribution >= 4 is 6.09 Å². The second-order valence-corrected chi connectivity index (χ2v) is 18.3. The smallest absolute Gasteiger partial charge is 0.410 e. The molecule has 0 aromatic heterocycles. The normalized spacial score (nSPS) is 49.0. The third kappa shape index (κ3) is 4.66. The van der Waals surface area contributed by atoms with E-state index in [9.17, 15) is 9.90 Å². The van der Waals surface area contributed by atoms with Gasteiger partial charge in [-0.3, -0.25) is 0 Å². The van der Waals surface area contributed by atoms with Crippen molar-refractivity contribution in [3.8, 4) is 0 Å². The highest BCUT2D eigenvalue weighted by Crippen LogP contribution is 2.89. The lowest BCUT2D eigenvalue weighted by Gasteiger charge is -2.59. The van der Waals surface area contributed by atoms with Gasteiger partial charge in [0, 0.05) is 6.54 Å². The van der Waals surface area contributed by atoms with Crippen molar-refractivity contribution in [3.63, 3.8) is 0 Å². The van der Waals surface area contributed by atoms with E-state index in [1.807, 2.05) is 27.7 Å². The van der Waals surface area contributed by atoms with Crippen LogP contribution in [-0.2, 0) is 18.9 Å². The van der Waals surface area contributed by atoms with E-state index in [4.69, 9.17) is 18.9 Å². The Balaban J connectivity index is 1.06. The number of carbonyl (C=O) groups is 1. The van der Waals surface area contributed by atoms with Gasteiger partial charge in [-0.25, -0.2) is 4.79 Å². The number of hydrogen-bond donors (Lipinski definition) is 1. The Hall–Kier alpha value is -1.15. The average Bonchev–Trinajstić information content (AvgIpc) is 3.35. The minimum atomic E-state index is -0.547. The molecule has 0 aromatic carbocycles. The van der Waals surface area contributed by atoms with Gasteiger partial charge in [-0.2, -0.15) is 0 Å². The van der Waals surface area contributed by atoms with Crippen LogP contribution in [0.25, 0.3) is 0 Å². The zero-order chi connectivity index (χ0) is 32.3. The van der Waals surface area contributed by atoms with Crippen molar-refractivity contribution in [2.24, 2.45) is 51.2 Å². The van der Waals surface area contributed by atoms with Gasteiger partial charge in [0.15, 0.2) is 6.29 Å². The highest BCUT2D eigenvalue weighted by Gasteiger charge is 2.84. The fourth-order valence-electron chi connectivity index (χ4n) is 13.2. The van der Waals surface area contributed by atoms with Gasteiger partial charge >= 0.3 is 6.09 Å². The summed E-state index contributed by atoms with van der Waals surface area (Å²) in [7, 11) is 0. The van der Waals surface area contributed by atoms with Crippen molar-refractivity contribution < 1.29 is 28.8 Å². The molecule has 5 aliphatic carbocycles. The lowest BCUT2D eigenvalue weighted by Crippen LogP contribution is -2.56. The summed E-state index contributed by atoms with van der Waals surface area (Å²) in [5.74, 6) is 3.50. The first-order chi connectivity index (χ1) is 21.1. The lowest BCUT2D eigenvalue weighted by molar-refractivity contribution is -0.243. The maximum absolute atomic E-state index is 12.8. The molecule has 45 heavy (non-hydrogen) atoms. The number of ether oxygens (including phenoxy) is 4. The van der Waals surface area contributed by atoms with E-state index in [0.29, 0.717) is 47.8 Å². The van der Waals surface area contributed by atoms with Crippen molar-refractivity contribution in [1.82, 2.24) is 4.90 Å². The first-order valence-corrected chi connectivity index (χ1v) is 18.3. The number of morpholine rings is 1. The van der Waals surface area contributed by atoms with Gasteiger partial charge in [-0.1, -0.05) is 34.3 Å². The molecule has 5 saturated carbocycles. The number of aliphatic hydroxyl groups is 1. The van der Waals surface area contributed by atoms with E-state index in [1.165, 1.54) is 44.9 Å². The average molecular weight is 628 g/mol. The van der Waals surface area contributed by atoms with E-state index in [1.54, 1.807) is 4.90 Å². The molecule has 7 fully saturated rings. The zero-order valence-electron chi connectivity index (χ0n) is 29.4. The van der Waals surface area contributed by atoms with Crippen molar-refractivity contribution in [1.29, 1.82) is 0 Å². The van der Waals surface area contributed by atoms with E-state index in [-0.39, 0.29) is 29.8 Å². The SMILES string of the molecule is C=C(C)C(O)C1CCC2C(CC3C4CCC5C(C)(C)C(OC6CN(C(=O)OC(C)(C)C)CCO6)CCC56C(C)C46CCC23C)O1. The maximum atomic E-state index is 12.8. The number of aliphatic hydroxyl groups excluding tert-OH is 1. The van der Waals surface area contributed by atoms with Crippen LogP contribution in [0.1, 0.15) is 113 Å². The van der Waals surface area contributed by atoms with Crippen LogP contribution in [0.15, 0.2) is 12.2 Å². The van der Waals surface area contributed by atoms with Gasteiger partial charge in [0.25, 0.3) is 0 Å². The summed E-state index contributed by atoms with van der Waals surface area (Å²) in [4.78, 5) is 14.6. The summed E-state index contributed by atoms with van der Waals surface area (Å²) in [6, 6.07) is 0. The second kappa shape index (κ2) is 10.7. The Morgan fingerprint density at radius 3 is 2.44 bits per heavy atom. The topological polar surface area (TPSA) is 77.5 Å². The molecule has 0 radical (unpaired) electrons. The third-order valence-corrected chi connectivity index (χ3v) is 15.1. The Kier molecular flexibility index (Phi) is 7.69. The van der Waals surface area contributed by atoms with Crippen LogP contribution >= 0.6 is 0 Å². The molecule has 7 nitrogen and oxygen atoms in total. The summed E-state index contributed by atoms with van der Waals surface area (Å²) in [5.41, 5.74) is 1.55. The van der Waals surface area contributed by atoms with Crippen LogP contribution in [0, 0.1) is 51.2 Å². The number of rotatable bonds is 4. The fourth-order valence-corrected chi connectivity index (χ4v) is 13.2. The van der Waals surface area contributed by atoms with Crippen LogP contribution in [0.5, 0.6) is 0 Å². The van der Waals surface area contributed by atoms with Crippen LogP contribution in [0.3, 0.4) is 0 Å². The quantitative estimate of drug-likeness (QED) is 0.329. The summed E-state index contributed by atoms with van der Waals surface area (Å²) >= 11 is 0. The number of carbonyl (C=O) groups excluding carboxylic acids is 1. The molecule has 2 aliphatic heterocycles. The number of amides is 1. The second-order valence-electron chi connectivity index (χ2n) is 18.3. The molecule has 13 unspecified atom stereocenters. The maximum Gasteiger partial charge on any atom is 0.410 e. The van der Waals surface area contributed by atoms with Crippen molar-refractivity contribution in [2.75, 3.05) is 19.7 Å². The molecule has 7 rings (SSSR count). The molecule has 2 saturated heterocycles. The molecule has 2 heterocycles. The van der Waals surface area contributed by atoms with Gasteiger partial charge in [0.05, 0.1) is 31.5 Å². The zero-order valence-corrected chi connectivity index (χ0v) is 29.4. The summed E-state index contributed by atoms with van der Waals surface area (Å²) in [6.45, 7) is 23.3. The Morgan fingerprint density at radius 1 is 1.00 bits per heavy atom. The molecule has 1 amide bonds. The molecular formula is C38H61NO6. The van der Waals surface area contributed by atoms with Crippen LogP contribution in [-0.4, -0.2) is 72.1 Å². The number of nitrogens with zero attached hydrogens (tertiary/aromatic N) is 1. The minimum absolute atomic E-state index is 0.0397. The van der Waals surface area contributed by atoms with Crippen LogP contribution in [0.4, 0.5) is 4.79 Å². The first kappa shape index (κ1) is 32.4. The predicted molar refractivity (Wildman–Crippen MR) is 173 cm³/mol. The Labute approximate surface area is 272 Å². The Bertz CT molecular complexity index is 1200. The van der Waals surface area contributed by atoms with E-state index < -0.39 is 18.0 Å². The monoisotopic (exact) mass is 627 g/mol. The first-order valence-electron chi connectivity index (χ1n) is 18.3. The largest absolute Gasteiger partial charge is 0.444 e. The molecule has 0 aromatic rings. The van der Waals surface area contributed by atoms with Gasteiger partial charge in [0.1, 0.15) is 11.7 Å². The summed E-state index contributed by atoms with van der Waals surface area (Å²) < 4.78 is 25.3. The van der Waals surface area contributed by atoms with E-state index in [2.05, 4.69) is 34.3 Å². The fraction of sp³-hybridized carbons (Fsp3) is 0.921. The van der Waals surface area contributed by atoms with E-state index in [0.717, 1.165) is 36.2 Å². The molecule has 7 heteroatoms. The standard InChI is InChI=1S/C38H61NO6/c1-22(2)32(40)27-12-10-25-28(43-27)20-26-24-11-13-29-35(7,8)30(14-15-38(29)23(3)37(24,38)17-16-36(25,26)9)44-31-21-39(18-19-42-31)33(41)45-34(4,5)6/h23-32,40H,1,10-21H2,2-9H3. The van der Waals surface area contributed by atoms with Crippen molar-refractivity contribution in [3.05, 3.63) is 12.2 Å². The molecule has 13 atom stereocenters. The van der Waals surface area contributed by atoms with Crippen LogP contribution < -0.4 is 0 Å². The number of fused-ring (bicyclic) bond motifs is 4. The van der Waals surface area contributed by atoms with Gasteiger partial charge in [0.2, 0.25) is 0 Å². The molecular weight excluding hydrogens is 566 g/mol. The summed E-state index contributed by atoms with van der Waals surface area (Å²) in [5, 5.41) is 10.8. The van der Waals surface area contributed by atoms with Crippen molar-refractivity contribution in [2.45, 2.75) is 149 Å². The van der Waals surface area contributed by atoms with Gasteiger partial charge in [-0.15, -0.1) is 0 Å². The number of hydrogen-bond acceptors (Lipinski definition) is 6. The van der Waals surface area contributed by atoms with Gasteiger partial charge in [-0.05, 0) is 142 Å². The predicted octanol–water partition coefficient (Wildman–Crippen LogP) is 7.35.